The average Bonchev–Trinajstić information content (AvgIpc) is 2.80. The third-order valence-corrected chi connectivity index (χ3v) is 3.63. The van der Waals surface area contributed by atoms with Crippen molar-refractivity contribution in [2.24, 2.45) is 0 Å². The number of rotatable bonds is 3. The molecular formula is C15H18F3N. The molecule has 0 amide bonds. The Morgan fingerprint density at radius 1 is 1.26 bits per heavy atom. The Morgan fingerprint density at radius 3 is 2.42 bits per heavy atom. The Kier molecular flexibility index (Phi) is 3.88. The predicted octanol–water partition coefficient (Wildman–Crippen LogP) is 5.01. The van der Waals surface area contributed by atoms with Crippen LogP contribution in [0.1, 0.15) is 42.4 Å². The van der Waals surface area contributed by atoms with Gasteiger partial charge in [-0.1, -0.05) is 25.5 Å². The van der Waals surface area contributed by atoms with E-state index in [0.717, 1.165) is 31.2 Å². The van der Waals surface area contributed by atoms with Crippen molar-refractivity contribution < 1.29 is 13.2 Å². The molecule has 1 aromatic carbocycles. The molecule has 1 aromatic rings. The fraction of sp³-hybridized carbons (Fsp3) is 0.467. The van der Waals surface area contributed by atoms with Gasteiger partial charge in [0.2, 0.25) is 0 Å². The van der Waals surface area contributed by atoms with Gasteiger partial charge in [-0.3, -0.25) is 0 Å². The van der Waals surface area contributed by atoms with Crippen molar-refractivity contribution >= 4 is 11.8 Å². The second-order valence-corrected chi connectivity index (χ2v) is 5.08. The standard InChI is InChI=1S/C15H18F3N/c1-3-13-10(2)8-11(15(16,17)18)9-14(13)19-12-6-4-5-7-12/h3,8-9,12,19H,1,4-7H2,2H3. The summed E-state index contributed by atoms with van der Waals surface area (Å²) >= 11 is 0. The third kappa shape index (κ3) is 3.11. The minimum Gasteiger partial charge on any atom is -0.382 e. The van der Waals surface area contributed by atoms with Crippen molar-refractivity contribution in [3.05, 3.63) is 35.4 Å². The highest BCUT2D eigenvalue weighted by Crippen LogP contribution is 2.35. The molecule has 19 heavy (non-hydrogen) atoms. The number of benzene rings is 1. The SMILES string of the molecule is C=Cc1c(C)cc(C(F)(F)F)cc1NC1CCCC1. The fourth-order valence-electron chi connectivity index (χ4n) is 2.64. The minimum absolute atomic E-state index is 0.279. The van der Waals surface area contributed by atoms with Crippen LogP contribution in [0.2, 0.25) is 0 Å². The zero-order valence-electron chi connectivity index (χ0n) is 11.0. The lowest BCUT2D eigenvalue weighted by Gasteiger charge is -2.19. The molecule has 0 atom stereocenters. The van der Waals surface area contributed by atoms with Gasteiger partial charge in [0.05, 0.1) is 5.56 Å². The van der Waals surface area contributed by atoms with E-state index in [1.165, 1.54) is 12.1 Å². The molecule has 1 N–H and O–H groups in total. The summed E-state index contributed by atoms with van der Waals surface area (Å²) in [4.78, 5) is 0. The number of anilines is 1. The highest BCUT2D eigenvalue weighted by molar-refractivity contribution is 5.70. The summed E-state index contributed by atoms with van der Waals surface area (Å²) in [5.74, 6) is 0. The van der Waals surface area contributed by atoms with E-state index < -0.39 is 11.7 Å². The molecule has 0 heterocycles. The van der Waals surface area contributed by atoms with Gasteiger partial charge in [0.25, 0.3) is 0 Å². The minimum atomic E-state index is -4.31. The van der Waals surface area contributed by atoms with Gasteiger partial charge in [-0.15, -0.1) is 0 Å². The molecule has 4 heteroatoms. The smallest absolute Gasteiger partial charge is 0.382 e. The van der Waals surface area contributed by atoms with E-state index in [1.807, 2.05) is 0 Å². The quantitative estimate of drug-likeness (QED) is 0.813. The molecule has 0 saturated heterocycles. The van der Waals surface area contributed by atoms with E-state index in [4.69, 9.17) is 0 Å². The van der Waals surface area contributed by atoms with Gasteiger partial charge < -0.3 is 5.32 Å². The largest absolute Gasteiger partial charge is 0.416 e. The number of alkyl halides is 3. The average molecular weight is 269 g/mol. The number of hydrogen-bond donors (Lipinski definition) is 1. The van der Waals surface area contributed by atoms with Crippen LogP contribution in [0, 0.1) is 6.92 Å². The van der Waals surface area contributed by atoms with E-state index in [1.54, 1.807) is 13.0 Å². The van der Waals surface area contributed by atoms with E-state index in [2.05, 4.69) is 11.9 Å². The van der Waals surface area contributed by atoms with Gasteiger partial charge in [0.1, 0.15) is 0 Å². The van der Waals surface area contributed by atoms with Gasteiger partial charge in [-0.2, -0.15) is 13.2 Å². The lowest BCUT2D eigenvalue weighted by atomic mass is 10.0. The second-order valence-electron chi connectivity index (χ2n) is 5.08. The Balaban J connectivity index is 2.37. The number of halogens is 3. The Morgan fingerprint density at radius 2 is 1.89 bits per heavy atom. The maximum atomic E-state index is 12.8. The molecule has 0 radical (unpaired) electrons. The first-order chi connectivity index (χ1) is 8.91. The summed E-state index contributed by atoms with van der Waals surface area (Å²) in [7, 11) is 0. The lowest BCUT2D eigenvalue weighted by Crippen LogP contribution is -2.17. The zero-order valence-corrected chi connectivity index (χ0v) is 11.0. The van der Waals surface area contributed by atoms with Crippen molar-refractivity contribution in [1.29, 1.82) is 0 Å². The number of hydrogen-bond acceptors (Lipinski definition) is 1. The fourth-order valence-corrected chi connectivity index (χ4v) is 2.64. The van der Waals surface area contributed by atoms with Crippen molar-refractivity contribution in [3.63, 3.8) is 0 Å². The molecule has 0 spiro atoms. The molecule has 1 fully saturated rings. The summed E-state index contributed by atoms with van der Waals surface area (Å²) in [6.45, 7) is 5.38. The van der Waals surface area contributed by atoms with Crippen LogP contribution in [0.5, 0.6) is 0 Å². The van der Waals surface area contributed by atoms with Crippen molar-refractivity contribution in [3.8, 4) is 0 Å². The van der Waals surface area contributed by atoms with Gasteiger partial charge in [-0.05, 0) is 43.0 Å². The van der Waals surface area contributed by atoms with Crippen LogP contribution in [-0.2, 0) is 6.18 Å². The highest BCUT2D eigenvalue weighted by atomic mass is 19.4. The third-order valence-electron chi connectivity index (χ3n) is 3.63. The van der Waals surface area contributed by atoms with E-state index in [0.29, 0.717) is 11.3 Å². The molecule has 1 saturated carbocycles. The van der Waals surface area contributed by atoms with Gasteiger partial charge in [-0.25, -0.2) is 0 Å². The summed E-state index contributed by atoms with van der Waals surface area (Å²) in [6, 6.07) is 2.65. The van der Waals surface area contributed by atoms with Crippen LogP contribution in [-0.4, -0.2) is 6.04 Å². The predicted molar refractivity (Wildman–Crippen MR) is 72.2 cm³/mol. The Bertz CT molecular complexity index is 471. The molecule has 1 aliphatic carbocycles. The van der Waals surface area contributed by atoms with Crippen LogP contribution in [0.4, 0.5) is 18.9 Å². The van der Waals surface area contributed by atoms with Crippen LogP contribution >= 0.6 is 0 Å². The summed E-state index contributed by atoms with van der Waals surface area (Å²) < 4.78 is 38.5. The molecule has 1 aliphatic rings. The molecular weight excluding hydrogens is 251 g/mol. The summed E-state index contributed by atoms with van der Waals surface area (Å²) in [6.07, 6.45) is 1.62. The van der Waals surface area contributed by atoms with Crippen LogP contribution < -0.4 is 5.32 Å². The number of nitrogens with one attached hydrogen (secondary N) is 1. The Hall–Kier alpha value is -1.45. The van der Waals surface area contributed by atoms with Crippen molar-refractivity contribution in [1.82, 2.24) is 0 Å². The molecule has 2 rings (SSSR count). The first-order valence-electron chi connectivity index (χ1n) is 6.52. The van der Waals surface area contributed by atoms with Crippen LogP contribution in [0.25, 0.3) is 6.08 Å². The zero-order chi connectivity index (χ0) is 14.0. The molecule has 0 bridgehead atoms. The van der Waals surface area contributed by atoms with Crippen LogP contribution in [0.3, 0.4) is 0 Å². The van der Waals surface area contributed by atoms with Gasteiger partial charge in [0.15, 0.2) is 0 Å². The molecule has 0 unspecified atom stereocenters. The maximum absolute atomic E-state index is 12.8. The van der Waals surface area contributed by atoms with Gasteiger partial charge in [0, 0.05) is 11.7 Å². The maximum Gasteiger partial charge on any atom is 0.416 e. The second kappa shape index (κ2) is 5.27. The van der Waals surface area contributed by atoms with E-state index in [-0.39, 0.29) is 6.04 Å². The van der Waals surface area contributed by atoms with E-state index >= 15 is 0 Å². The highest BCUT2D eigenvalue weighted by Gasteiger charge is 2.31. The lowest BCUT2D eigenvalue weighted by molar-refractivity contribution is -0.137. The van der Waals surface area contributed by atoms with E-state index in [9.17, 15) is 13.2 Å². The topological polar surface area (TPSA) is 12.0 Å². The molecule has 0 aliphatic heterocycles. The normalized spacial score (nSPS) is 16.6. The molecule has 0 aromatic heterocycles. The monoisotopic (exact) mass is 269 g/mol. The van der Waals surface area contributed by atoms with Crippen molar-refractivity contribution in [2.75, 3.05) is 5.32 Å². The summed E-state index contributed by atoms with van der Waals surface area (Å²) in [5.41, 5.74) is 1.32. The number of aryl methyl sites for hydroxylation is 1. The molecule has 1 nitrogen and oxygen atoms in total. The summed E-state index contributed by atoms with van der Waals surface area (Å²) in [5, 5.41) is 3.24. The van der Waals surface area contributed by atoms with Crippen LogP contribution in [0.15, 0.2) is 18.7 Å². The molecule has 104 valence electrons. The van der Waals surface area contributed by atoms with Crippen molar-refractivity contribution in [2.45, 2.75) is 44.8 Å². The Labute approximate surface area is 111 Å². The van der Waals surface area contributed by atoms with Gasteiger partial charge >= 0.3 is 6.18 Å². The first-order valence-corrected chi connectivity index (χ1v) is 6.52. The first kappa shape index (κ1) is 14.0.